The molecule has 2 aromatic heterocycles. The molecule has 126 valence electrons. The predicted molar refractivity (Wildman–Crippen MR) is 94.3 cm³/mol. The van der Waals surface area contributed by atoms with Gasteiger partial charge in [0.25, 0.3) is 0 Å². The molecule has 2 aromatic rings. The van der Waals surface area contributed by atoms with Crippen LogP contribution in [0.4, 0.5) is 0 Å². The normalized spacial score (nSPS) is 12.5. The number of nitrogens with zero attached hydrogens (tertiary/aromatic N) is 2. The molecule has 0 aromatic carbocycles. The van der Waals surface area contributed by atoms with Gasteiger partial charge in [-0.15, -0.1) is 11.3 Å². The number of esters is 1. The number of ether oxygens (including phenoxy) is 2. The molecular weight excluding hydrogens is 332 g/mol. The molecule has 23 heavy (non-hydrogen) atoms. The van der Waals surface area contributed by atoms with Crippen molar-refractivity contribution in [3.05, 3.63) is 16.8 Å². The van der Waals surface area contributed by atoms with E-state index in [-0.39, 0.29) is 11.2 Å². The van der Waals surface area contributed by atoms with Crippen molar-refractivity contribution in [3.63, 3.8) is 0 Å². The highest BCUT2D eigenvalue weighted by molar-refractivity contribution is 8.00. The van der Waals surface area contributed by atoms with Gasteiger partial charge in [-0.3, -0.25) is 4.79 Å². The van der Waals surface area contributed by atoms with Crippen molar-refractivity contribution in [2.24, 2.45) is 0 Å². The average Bonchev–Trinajstić information content (AvgIpc) is 2.84. The number of rotatable bonds is 8. The lowest BCUT2D eigenvalue weighted by atomic mass is 10.2. The van der Waals surface area contributed by atoms with Crippen LogP contribution < -0.4 is 0 Å². The zero-order valence-corrected chi connectivity index (χ0v) is 15.6. The zero-order chi connectivity index (χ0) is 16.8. The van der Waals surface area contributed by atoms with E-state index in [1.807, 2.05) is 13.8 Å². The van der Waals surface area contributed by atoms with E-state index >= 15 is 0 Å². The van der Waals surface area contributed by atoms with Crippen LogP contribution in [0, 0.1) is 13.8 Å². The Hall–Kier alpha value is -1.18. The molecular formula is C16H22N2O3S2. The molecule has 0 saturated heterocycles. The molecule has 0 saturated carbocycles. The first-order valence-electron chi connectivity index (χ1n) is 7.70. The van der Waals surface area contributed by atoms with Crippen molar-refractivity contribution in [1.82, 2.24) is 9.97 Å². The number of hydrogen-bond donors (Lipinski definition) is 0. The quantitative estimate of drug-likeness (QED) is 0.311. The highest BCUT2D eigenvalue weighted by Crippen LogP contribution is 2.36. The Labute approximate surface area is 144 Å². The van der Waals surface area contributed by atoms with Crippen LogP contribution in [0.25, 0.3) is 10.2 Å². The van der Waals surface area contributed by atoms with Gasteiger partial charge in [0.05, 0.1) is 6.61 Å². The van der Waals surface area contributed by atoms with E-state index in [4.69, 9.17) is 9.47 Å². The Kier molecular flexibility index (Phi) is 6.80. The monoisotopic (exact) mass is 354 g/mol. The SMILES string of the molecule is CCOCCOC(=O)[C@H](CC)Sc1ncnc2sc(C)c(C)c12. The van der Waals surface area contributed by atoms with E-state index < -0.39 is 0 Å². The van der Waals surface area contributed by atoms with Crippen LogP contribution in [0.5, 0.6) is 0 Å². The molecule has 0 radical (unpaired) electrons. The molecule has 7 heteroatoms. The van der Waals surface area contributed by atoms with Crippen molar-refractivity contribution in [3.8, 4) is 0 Å². The molecule has 0 aliphatic carbocycles. The van der Waals surface area contributed by atoms with Crippen LogP contribution in [0.1, 0.15) is 30.7 Å². The molecule has 0 fully saturated rings. The first-order valence-corrected chi connectivity index (χ1v) is 9.39. The topological polar surface area (TPSA) is 61.3 Å². The number of thioether (sulfide) groups is 1. The molecule has 0 aliphatic heterocycles. The Balaban J connectivity index is 2.11. The molecule has 0 bridgehead atoms. The number of aryl methyl sites for hydroxylation is 2. The van der Waals surface area contributed by atoms with Crippen LogP contribution >= 0.6 is 23.1 Å². The van der Waals surface area contributed by atoms with Gasteiger partial charge in [-0.05, 0) is 32.8 Å². The summed E-state index contributed by atoms with van der Waals surface area (Å²) in [5.74, 6) is -0.214. The Morgan fingerprint density at radius 1 is 1.30 bits per heavy atom. The van der Waals surface area contributed by atoms with Gasteiger partial charge < -0.3 is 9.47 Å². The lowest BCUT2D eigenvalue weighted by Gasteiger charge is -2.14. The van der Waals surface area contributed by atoms with Gasteiger partial charge in [-0.25, -0.2) is 9.97 Å². The molecule has 0 N–H and O–H groups in total. The van der Waals surface area contributed by atoms with Crippen molar-refractivity contribution >= 4 is 39.3 Å². The number of carbonyl (C=O) groups excluding carboxylic acids is 1. The van der Waals surface area contributed by atoms with Crippen molar-refractivity contribution in [1.29, 1.82) is 0 Å². The molecule has 0 aliphatic rings. The number of thiophene rings is 1. The van der Waals surface area contributed by atoms with Crippen LogP contribution in [0.15, 0.2) is 11.4 Å². The molecule has 0 unspecified atom stereocenters. The highest BCUT2D eigenvalue weighted by Gasteiger charge is 2.22. The summed E-state index contributed by atoms with van der Waals surface area (Å²) in [6, 6.07) is 0. The van der Waals surface area contributed by atoms with Gasteiger partial charge in [-0.2, -0.15) is 0 Å². The maximum absolute atomic E-state index is 12.2. The number of hydrogen-bond acceptors (Lipinski definition) is 7. The lowest BCUT2D eigenvalue weighted by Crippen LogP contribution is -2.21. The fraction of sp³-hybridized carbons (Fsp3) is 0.562. The summed E-state index contributed by atoms with van der Waals surface area (Å²) < 4.78 is 10.5. The fourth-order valence-corrected chi connectivity index (χ4v) is 4.25. The van der Waals surface area contributed by atoms with Crippen LogP contribution in [-0.2, 0) is 14.3 Å². The molecule has 2 heterocycles. The molecule has 2 rings (SSSR count). The summed E-state index contributed by atoms with van der Waals surface area (Å²) in [5, 5.41) is 1.64. The van der Waals surface area contributed by atoms with E-state index in [1.54, 1.807) is 17.7 Å². The Morgan fingerprint density at radius 2 is 2.09 bits per heavy atom. The van der Waals surface area contributed by atoms with E-state index in [9.17, 15) is 4.79 Å². The van der Waals surface area contributed by atoms with E-state index in [0.717, 1.165) is 15.2 Å². The second-order valence-corrected chi connectivity index (χ2v) is 7.42. The summed E-state index contributed by atoms with van der Waals surface area (Å²) in [5.41, 5.74) is 1.19. The third kappa shape index (κ3) is 4.43. The van der Waals surface area contributed by atoms with Gasteiger partial charge in [-0.1, -0.05) is 18.7 Å². The zero-order valence-electron chi connectivity index (χ0n) is 13.9. The minimum atomic E-state index is -0.269. The number of aromatic nitrogens is 2. The smallest absolute Gasteiger partial charge is 0.319 e. The van der Waals surface area contributed by atoms with Crippen molar-refractivity contribution in [2.75, 3.05) is 19.8 Å². The Morgan fingerprint density at radius 3 is 2.78 bits per heavy atom. The number of fused-ring (bicyclic) bond motifs is 1. The minimum Gasteiger partial charge on any atom is -0.462 e. The highest BCUT2D eigenvalue weighted by atomic mass is 32.2. The summed E-state index contributed by atoms with van der Waals surface area (Å²) in [6.45, 7) is 9.39. The second kappa shape index (κ2) is 8.61. The molecule has 0 amide bonds. The maximum atomic E-state index is 12.2. The predicted octanol–water partition coefficient (Wildman–Crippen LogP) is 3.76. The van der Waals surface area contributed by atoms with Crippen LogP contribution in [0.2, 0.25) is 0 Å². The maximum Gasteiger partial charge on any atom is 0.319 e. The first kappa shape index (κ1) is 18.2. The second-order valence-electron chi connectivity index (χ2n) is 5.02. The standard InChI is InChI=1S/C16H22N2O3S2/c1-5-12(16(19)21-8-7-20-6-2)23-15-13-10(3)11(4)22-14(13)17-9-18-15/h9,12H,5-8H2,1-4H3/t12-/m0/s1. The molecule has 0 spiro atoms. The Bertz CT molecular complexity index is 673. The first-order chi connectivity index (χ1) is 11.1. The summed E-state index contributed by atoms with van der Waals surface area (Å²) in [7, 11) is 0. The van der Waals surface area contributed by atoms with Crippen molar-refractivity contribution < 1.29 is 14.3 Å². The van der Waals surface area contributed by atoms with E-state index in [0.29, 0.717) is 26.2 Å². The largest absolute Gasteiger partial charge is 0.462 e. The van der Waals surface area contributed by atoms with Gasteiger partial charge in [0.15, 0.2) is 0 Å². The third-order valence-corrected chi connectivity index (χ3v) is 5.95. The number of carbonyl (C=O) groups is 1. The van der Waals surface area contributed by atoms with Gasteiger partial charge in [0.1, 0.15) is 28.0 Å². The summed E-state index contributed by atoms with van der Waals surface area (Å²) >= 11 is 3.12. The van der Waals surface area contributed by atoms with Gasteiger partial charge in [0, 0.05) is 16.9 Å². The summed E-state index contributed by atoms with van der Waals surface area (Å²) in [4.78, 5) is 23.1. The van der Waals surface area contributed by atoms with Gasteiger partial charge >= 0.3 is 5.97 Å². The van der Waals surface area contributed by atoms with Crippen LogP contribution in [0.3, 0.4) is 0 Å². The lowest BCUT2D eigenvalue weighted by molar-refractivity contribution is -0.144. The fourth-order valence-electron chi connectivity index (χ4n) is 2.11. The average molecular weight is 354 g/mol. The molecule has 5 nitrogen and oxygen atoms in total. The molecule has 1 atom stereocenters. The van der Waals surface area contributed by atoms with Gasteiger partial charge in [0.2, 0.25) is 0 Å². The van der Waals surface area contributed by atoms with E-state index in [1.165, 1.54) is 22.2 Å². The van der Waals surface area contributed by atoms with Crippen molar-refractivity contribution in [2.45, 2.75) is 44.4 Å². The summed E-state index contributed by atoms with van der Waals surface area (Å²) in [6.07, 6.45) is 2.25. The van der Waals surface area contributed by atoms with E-state index in [2.05, 4.69) is 23.8 Å². The third-order valence-electron chi connectivity index (χ3n) is 3.49. The minimum absolute atomic E-state index is 0.214. The van der Waals surface area contributed by atoms with Crippen LogP contribution in [-0.4, -0.2) is 41.0 Å².